The average Bonchev–Trinajstić information content (AvgIpc) is 2.90. The number of imide groups is 1. The minimum atomic E-state index is -5.06. The SMILES string of the molecule is CCOP(=O)(OCC)C(F)(F)[C@H](O)[C@H](CC(C)C)N1C(=O)c2ccccc2C1=O. The molecule has 0 spiro atoms. The van der Waals surface area contributed by atoms with Crippen LogP contribution in [0.4, 0.5) is 8.78 Å². The van der Waals surface area contributed by atoms with Gasteiger partial charge in [0, 0.05) is 0 Å². The third kappa shape index (κ3) is 4.28. The largest absolute Gasteiger partial charge is 0.402 e. The normalized spacial score (nSPS) is 17.0. The maximum atomic E-state index is 15.2. The molecule has 1 heterocycles. The third-order valence-corrected chi connectivity index (χ3v) is 6.74. The van der Waals surface area contributed by atoms with Crippen molar-refractivity contribution < 1.29 is 37.1 Å². The number of aliphatic hydroxyl groups is 1. The number of amides is 2. The molecule has 0 radical (unpaired) electrons. The standard InChI is InChI=1S/C19H26F2NO6P/c1-5-27-29(26,28-6-2)19(20,21)16(23)15(11-12(3)4)22-17(24)13-9-7-8-10-14(13)18(22)25/h7-10,12,15-16,23H,5-6,11H2,1-4H3/t15-,16+/m0/s1. The highest BCUT2D eigenvalue weighted by molar-refractivity contribution is 7.55. The van der Waals surface area contributed by atoms with Gasteiger partial charge in [0.2, 0.25) is 0 Å². The summed E-state index contributed by atoms with van der Waals surface area (Å²) in [6.07, 6.45) is -2.77. The first-order valence-corrected chi connectivity index (χ1v) is 11.0. The lowest BCUT2D eigenvalue weighted by molar-refractivity contribution is -0.0951. The Labute approximate surface area is 168 Å². The Hall–Kier alpha value is -1.67. The number of fused-ring (bicyclic) bond motifs is 1. The average molecular weight is 433 g/mol. The molecule has 1 aliphatic rings. The van der Waals surface area contributed by atoms with Crippen LogP contribution in [0, 0.1) is 5.92 Å². The molecule has 0 unspecified atom stereocenters. The minimum absolute atomic E-state index is 0.0690. The van der Waals surface area contributed by atoms with E-state index in [0.29, 0.717) is 4.90 Å². The van der Waals surface area contributed by atoms with Crippen LogP contribution in [0.25, 0.3) is 0 Å². The fourth-order valence-electron chi connectivity index (χ4n) is 3.31. The number of nitrogens with zero attached hydrogens (tertiary/aromatic N) is 1. The number of rotatable bonds is 10. The van der Waals surface area contributed by atoms with Gasteiger partial charge in [-0.1, -0.05) is 26.0 Å². The van der Waals surface area contributed by atoms with Crippen LogP contribution in [-0.4, -0.2) is 52.8 Å². The fourth-order valence-corrected chi connectivity index (χ4v) is 4.91. The summed E-state index contributed by atoms with van der Waals surface area (Å²) in [5, 5.41) is 10.6. The second-order valence-corrected chi connectivity index (χ2v) is 9.20. The van der Waals surface area contributed by atoms with Crippen LogP contribution in [0.5, 0.6) is 0 Å². The number of hydrogen-bond donors (Lipinski definition) is 1. The summed E-state index contributed by atoms with van der Waals surface area (Å²) in [5.41, 5.74) is -4.20. The van der Waals surface area contributed by atoms with E-state index in [1.165, 1.54) is 26.0 Å². The summed E-state index contributed by atoms with van der Waals surface area (Å²) in [6, 6.07) is 4.31. The van der Waals surface area contributed by atoms with Crippen molar-refractivity contribution in [2.45, 2.75) is 51.9 Å². The number of carbonyl (C=O) groups excluding carboxylic acids is 2. The molecule has 1 aliphatic heterocycles. The van der Waals surface area contributed by atoms with Gasteiger partial charge in [0.05, 0.1) is 30.4 Å². The summed E-state index contributed by atoms with van der Waals surface area (Å²) in [4.78, 5) is 26.2. The Kier molecular flexibility index (Phi) is 7.32. The van der Waals surface area contributed by atoms with Crippen LogP contribution >= 0.6 is 7.60 Å². The second-order valence-electron chi connectivity index (χ2n) is 7.09. The van der Waals surface area contributed by atoms with Crippen molar-refractivity contribution in [3.05, 3.63) is 35.4 Å². The summed E-state index contributed by atoms with van der Waals surface area (Å²) >= 11 is 0. The van der Waals surface area contributed by atoms with Gasteiger partial charge in [0.25, 0.3) is 11.8 Å². The minimum Gasteiger partial charge on any atom is -0.384 e. The molecule has 0 bridgehead atoms. The van der Waals surface area contributed by atoms with Crippen molar-refractivity contribution in [2.75, 3.05) is 13.2 Å². The molecule has 0 saturated carbocycles. The molecule has 0 fully saturated rings. The molecule has 7 nitrogen and oxygen atoms in total. The lowest BCUT2D eigenvalue weighted by Gasteiger charge is -2.37. The van der Waals surface area contributed by atoms with E-state index in [9.17, 15) is 19.3 Å². The monoisotopic (exact) mass is 433 g/mol. The Morgan fingerprint density at radius 3 is 1.90 bits per heavy atom. The summed E-state index contributed by atoms with van der Waals surface area (Å²) in [6.45, 7) is 5.46. The first-order valence-electron chi connectivity index (χ1n) is 9.43. The molecule has 2 rings (SSSR count). The van der Waals surface area contributed by atoms with Crippen LogP contribution < -0.4 is 0 Å². The number of carbonyl (C=O) groups is 2. The van der Waals surface area contributed by atoms with Crippen molar-refractivity contribution in [1.82, 2.24) is 4.90 Å². The Morgan fingerprint density at radius 2 is 1.52 bits per heavy atom. The molecule has 162 valence electrons. The first kappa shape index (κ1) is 23.6. The van der Waals surface area contributed by atoms with E-state index >= 15 is 8.78 Å². The molecule has 0 saturated heterocycles. The molecule has 0 aliphatic carbocycles. The molecular formula is C19H26F2NO6P. The highest BCUT2D eigenvalue weighted by Gasteiger charge is 2.62. The van der Waals surface area contributed by atoms with Crippen LogP contribution in [0.1, 0.15) is 54.8 Å². The molecule has 2 amide bonds. The van der Waals surface area contributed by atoms with Crippen LogP contribution in [-0.2, 0) is 13.6 Å². The van der Waals surface area contributed by atoms with Gasteiger partial charge < -0.3 is 14.2 Å². The molecule has 1 aromatic rings. The van der Waals surface area contributed by atoms with E-state index in [-0.39, 0.29) is 36.7 Å². The zero-order valence-corrected chi connectivity index (χ0v) is 17.7. The number of alkyl halides is 2. The Balaban J connectivity index is 2.49. The van der Waals surface area contributed by atoms with E-state index < -0.39 is 37.2 Å². The molecule has 1 N–H and O–H groups in total. The molecular weight excluding hydrogens is 407 g/mol. The highest BCUT2D eigenvalue weighted by Crippen LogP contribution is 2.64. The van der Waals surface area contributed by atoms with E-state index in [1.54, 1.807) is 26.0 Å². The lowest BCUT2D eigenvalue weighted by Crippen LogP contribution is -2.54. The summed E-state index contributed by atoms with van der Waals surface area (Å²) in [5.74, 6) is -1.82. The van der Waals surface area contributed by atoms with Gasteiger partial charge in [0.1, 0.15) is 0 Å². The van der Waals surface area contributed by atoms with Crippen molar-refractivity contribution in [1.29, 1.82) is 0 Å². The van der Waals surface area contributed by atoms with Crippen molar-refractivity contribution in [3.63, 3.8) is 0 Å². The maximum absolute atomic E-state index is 15.2. The summed E-state index contributed by atoms with van der Waals surface area (Å²) < 4.78 is 52.5. The van der Waals surface area contributed by atoms with Gasteiger partial charge >= 0.3 is 13.3 Å². The number of halogens is 2. The molecule has 2 atom stereocenters. The molecule has 0 aromatic heterocycles. The number of benzene rings is 1. The second kappa shape index (κ2) is 9.00. The Morgan fingerprint density at radius 1 is 1.07 bits per heavy atom. The zero-order valence-electron chi connectivity index (χ0n) is 16.8. The molecule has 10 heteroatoms. The predicted molar refractivity (Wildman–Crippen MR) is 102 cm³/mol. The van der Waals surface area contributed by atoms with Gasteiger partial charge in [-0.05, 0) is 38.3 Å². The highest BCUT2D eigenvalue weighted by atomic mass is 31.2. The lowest BCUT2D eigenvalue weighted by atomic mass is 9.97. The van der Waals surface area contributed by atoms with Crippen LogP contribution in [0.15, 0.2) is 24.3 Å². The summed E-state index contributed by atoms with van der Waals surface area (Å²) in [7, 11) is -5.06. The van der Waals surface area contributed by atoms with Crippen molar-refractivity contribution in [2.24, 2.45) is 5.92 Å². The number of aliphatic hydroxyl groups excluding tert-OH is 1. The fraction of sp³-hybridized carbons (Fsp3) is 0.579. The van der Waals surface area contributed by atoms with Crippen molar-refractivity contribution in [3.8, 4) is 0 Å². The van der Waals surface area contributed by atoms with Crippen LogP contribution in [0.2, 0.25) is 0 Å². The first-order chi connectivity index (χ1) is 13.5. The van der Waals surface area contributed by atoms with Gasteiger partial charge in [-0.2, -0.15) is 8.78 Å². The van der Waals surface area contributed by atoms with Gasteiger partial charge in [-0.3, -0.25) is 19.1 Å². The van der Waals surface area contributed by atoms with E-state index in [4.69, 9.17) is 9.05 Å². The molecule has 29 heavy (non-hydrogen) atoms. The topological polar surface area (TPSA) is 93.1 Å². The van der Waals surface area contributed by atoms with Crippen LogP contribution in [0.3, 0.4) is 0 Å². The van der Waals surface area contributed by atoms with Gasteiger partial charge in [-0.25, -0.2) is 0 Å². The third-order valence-electron chi connectivity index (χ3n) is 4.55. The Bertz CT molecular complexity index is 771. The quantitative estimate of drug-likeness (QED) is 0.444. The molecule has 1 aromatic carbocycles. The van der Waals surface area contributed by atoms with Crippen molar-refractivity contribution >= 4 is 19.4 Å². The van der Waals surface area contributed by atoms with E-state index in [2.05, 4.69) is 0 Å². The van der Waals surface area contributed by atoms with E-state index in [0.717, 1.165) is 0 Å². The maximum Gasteiger partial charge on any atom is 0.402 e. The van der Waals surface area contributed by atoms with E-state index in [1.807, 2.05) is 0 Å². The predicted octanol–water partition coefficient (Wildman–Crippen LogP) is 3.92. The number of hydrogen-bond acceptors (Lipinski definition) is 6. The van der Waals surface area contributed by atoms with Gasteiger partial charge in [-0.15, -0.1) is 0 Å². The van der Waals surface area contributed by atoms with Gasteiger partial charge in [0.15, 0.2) is 6.10 Å². The smallest absolute Gasteiger partial charge is 0.384 e. The zero-order chi connectivity index (χ0) is 22.0.